The lowest BCUT2D eigenvalue weighted by Gasteiger charge is -2.08. The summed E-state index contributed by atoms with van der Waals surface area (Å²) in [5.74, 6) is 0.343. The monoisotopic (exact) mass is 235 g/mol. The zero-order valence-corrected chi connectivity index (χ0v) is 10.3. The number of hydrogen-bond acceptors (Lipinski definition) is 4. The van der Waals surface area contributed by atoms with Crippen LogP contribution in [0.25, 0.3) is 0 Å². The summed E-state index contributed by atoms with van der Waals surface area (Å²) < 4.78 is 22.3. The quantitative estimate of drug-likeness (QED) is 0.673. The maximum Gasteiger partial charge on any atom is 0.150 e. The molecule has 1 atom stereocenters. The van der Waals surface area contributed by atoms with Crippen LogP contribution in [0.3, 0.4) is 0 Å². The average Bonchev–Trinajstić information content (AvgIpc) is 2.18. The summed E-state index contributed by atoms with van der Waals surface area (Å²) >= 11 is 0. The lowest BCUT2D eigenvalue weighted by Crippen LogP contribution is -2.17. The molecule has 0 saturated carbocycles. The van der Waals surface area contributed by atoms with Gasteiger partial charge in [-0.3, -0.25) is 4.79 Å². The topological polar surface area (TPSA) is 77.2 Å². The molecule has 0 aromatic heterocycles. The SMILES string of the molecule is CCS(=O)(=O)CCCC(=O)C(C)CCN. The summed E-state index contributed by atoms with van der Waals surface area (Å²) in [6.07, 6.45) is 1.46. The molecule has 0 aromatic rings. The third-order valence-corrected chi connectivity index (χ3v) is 4.26. The van der Waals surface area contributed by atoms with Crippen molar-refractivity contribution in [3.8, 4) is 0 Å². The Morgan fingerprint density at radius 2 is 2.00 bits per heavy atom. The molecule has 0 heterocycles. The smallest absolute Gasteiger partial charge is 0.150 e. The van der Waals surface area contributed by atoms with Gasteiger partial charge in [-0.15, -0.1) is 0 Å². The number of rotatable bonds is 8. The van der Waals surface area contributed by atoms with Crippen molar-refractivity contribution in [3.05, 3.63) is 0 Å². The molecule has 0 aliphatic rings. The highest BCUT2D eigenvalue weighted by Crippen LogP contribution is 2.08. The van der Waals surface area contributed by atoms with Crippen LogP contribution in [0.1, 0.15) is 33.1 Å². The Balaban J connectivity index is 3.82. The highest BCUT2D eigenvalue weighted by atomic mass is 32.2. The van der Waals surface area contributed by atoms with Gasteiger partial charge in [0.05, 0.1) is 5.75 Å². The molecule has 0 spiro atoms. The van der Waals surface area contributed by atoms with Crippen molar-refractivity contribution in [3.63, 3.8) is 0 Å². The molecule has 0 radical (unpaired) electrons. The summed E-state index contributed by atoms with van der Waals surface area (Å²) in [5, 5.41) is 0. The first-order valence-electron chi connectivity index (χ1n) is 5.36. The third kappa shape index (κ3) is 6.62. The second-order valence-electron chi connectivity index (χ2n) is 3.78. The minimum atomic E-state index is -2.93. The van der Waals surface area contributed by atoms with Crippen LogP contribution in [0.4, 0.5) is 0 Å². The standard InChI is InChI=1S/C10H21NO3S/c1-3-15(13,14)8-4-5-10(12)9(2)6-7-11/h9H,3-8,11H2,1-2H3. The normalized spacial score (nSPS) is 13.8. The van der Waals surface area contributed by atoms with E-state index in [1.54, 1.807) is 6.92 Å². The van der Waals surface area contributed by atoms with E-state index < -0.39 is 9.84 Å². The highest BCUT2D eigenvalue weighted by Gasteiger charge is 2.13. The Morgan fingerprint density at radius 1 is 1.40 bits per heavy atom. The van der Waals surface area contributed by atoms with Crippen molar-refractivity contribution in [2.75, 3.05) is 18.1 Å². The van der Waals surface area contributed by atoms with Gasteiger partial charge in [-0.1, -0.05) is 13.8 Å². The fraction of sp³-hybridized carbons (Fsp3) is 0.900. The Labute approximate surface area is 92.2 Å². The highest BCUT2D eigenvalue weighted by molar-refractivity contribution is 7.91. The van der Waals surface area contributed by atoms with Crippen LogP contribution >= 0.6 is 0 Å². The first-order valence-corrected chi connectivity index (χ1v) is 7.18. The first kappa shape index (κ1) is 14.6. The second kappa shape index (κ2) is 6.95. The molecule has 4 nitrogen and oxygen atoms in total. The van der Waals surface area contributed by atoms with Crippen LogP contribution in [-0.4, -0.2) is 32.3 Å². The van der Waals surface area contributed by atoms with Crippen LogP contribution in [-0.2, 0) is 14.6 Å². The van der Waals surface area contributed by atoms with Gasteiger partial charge in [0.1, 0.15) is 15.6 Å². The van der Waals surface area contributed by atoms with E-state index in [1.165, 1.54) is 0 Å². The second-order valence-corrected chi connectivity index (χ2v) is 6.26. The zero-order valence-electron chi connectivity index (χ0n) is 9.53. The number of carbonyl (C=O) groups is 1. The van der Waals surface area contributed by atoms with Crippen LogP contribution < -0.4 is 5.73 Å². The van der Waals surface area contributed by atoms with E-state index in [0.29, 0.717) is 25.8 Å². The molecule has 0 fully saturated rings. The fourth-order valence-electron chi connectivity index (χ4n) is 1.27. The number of ketones is 1. The van der Waals surface area contributed by atoms with Gasteiger partial charge < -0.3 is 5.73 Å². The van der Waals surface area contributed by atoms with E-state index in [9.17, 15) is 13.2 Å². The molecule has 1 unspecified atom stereocenters. The van der Waals surface area contributed by atoms with Crippen molar-refractivity contribution in [1.82, 2.24) is 0 Å². The lowest BCUT2D eigenvalue weighted by molar-refractivity contribution is -0.122. The first-order chi connectivity index (χ1) is 6.93. The molecule has 0 amide bonds. The summed E-state index contributed by atoms with van der Waals surface area (Å²) in [4.78, 5) is 11.5. The van der Waals surface area contributed by atoms with E-state index in [4.69, 9.17) is 5.73 Å². The molecule has 0 saturated heterocycles. The van der Waals surface area contributed by atoms with Crippen LogP contribution in [0, 0.1) is 5.92 Å². The van der Waals surface area contributed by atoms with Crippen molar-refractivity contribution in [2.24, 2.45) is 11.7 Å². The summed E-state index contributed by atoms with van der Waals surface area (Å²) in [6, 6.07) is 0. The molecule has 5 heteroatoms. The predicted molar refractivity (Wildman–Crippen MR) is 61.4 cm³/mol. The fourth-order valence-corrected chi connectivity index (χ4v) is 2.14. The summed E-state index contributed by atoms with van der Waals surface area (Å²) in [6.45, 7) is 3.96. The molecule has 0 rings (SSSR count). The minimum Gasteiger partial charge on any atom is -0.330 e. The van der Waals surface area contributed by atoms with Crippen molar-refractivity contribution in [2.45, 2.75) is 33.1 Å². The summed E-state index contributed by atoms with van der Waals surface area (Å²) in [5.41, 5.74) is 5.34. The number of hydrogen-bond donors (Lipinski definition) is 1. The van der Waals surface area contributed by atoms with Crippen molar-refractivity contribution >= 4 is 15.6 Å². The van der Waals surface area contributed by atoms with Gasteiger partial charge >= 0.3 is 0 Å². The Bertz CT molecular complexity index is 285. The van der Waals surface area contributed by atoms with Crippen molar-refractivity contribution < 1.29 is 13.2 Å². The van der Waals surface area contributed by atoms with Gasteiger partial charge in [-0.25, -0.2) is 8.42 Å². The van der Waals surface area contributed by atoms with Crippen LogP contribution in [0.2, 0.25) is 0 Å². The molecule has 15 heavy (non-hydrogen) atoms. The summed E-state index contributed by atoms with van der Waals surface area (Å²) in [7, 11) is -2.93. The lowest BCUT2D eigenvalue weighted by atomic mass is 9.99. The van der Waals surface area contributed by atoms with Crippen molar-refractivity contribution in [1.29, 1.82) is 0 Å². The number of sulfone groups is 1. The molecule has 0 bridgehead atoms. The molecule has 0 aliphatic carbocycles. The maximum absolute atomic E-state index is 11.5. The Morgan fingerprint density at radius 3 is 2.47 bits per heavy atom. The van der Waals surface area contributed by atoms with Gasteiger partial charge in [-0.05, 0) is 19.4 Å². The molecule has 2 N–H and O–H groups in total. The largest absolute Gasteiger partial charge is 0.330 e. The van der Waals surface area contributed by atoms with E-state index in [2.05, 4.69) is 0 Å². The van der Waals surface area contributed by atoms with Gasteiger partial charge in [0.25, 0.3) is 0 Å². The number of Topliss-reactive ketones (excluding diaryl/α,β-unsaturated/α-hetero) is 1. The van der Waals surface area contributed by atoms with Gasteiger partial charge in [0.15, 0.2) is 0 Å². The van der Waals surface area contributed by atoms with E-state index in [-0.39, 0.29) is 23.2 Å². The molecular formula is C10H21NO3S. The minimum absolute atomic E-state index is 0.0423. The van der Waals surface area contributed by atoms with E-state index in [1.807, 2.05) is 6.92 Å². The van der Waals surface area contributed by atoms with Crippen LogP contribution in [0.15, 0.2) is 0 Å². The third-order valence-electron chi connectivity index (χ3n) is 2.47. The molecular weight excluding hydrogens is 214 g/mol. The Hall–Kier alpha value is -0.420. The van der Waals surface area contributed by atoms with Gasteiger partial charge in [0.2, 0.25) is 0 Å². The number of nitrogens with two attached hydrogens (primary N) is 1. The van der Waals surface area contributed by atoms with Gasteiger partial charge in [0, 0.05) is 18.1 Å². The number of carbonyl (C=O) groups excluding carboxylic acids is 1. The van der Waals surface area contributed by atoms with Gasteiger partial charge in [-0.2, -0.15) is 0 Å². The average molecular weight is 235 g/mol. The predicted octanol–water partition coefficient (Wildman–Crippen LogP) is 0.755. The van der Waals surface area contributed by atoms with E-state index in [0.717, 1.165) is 0 Å². The van der Waals surface area contributed by atoms with Crippen LogP contribution in [0.5, 0.6) is 0 Å². The maximum atomic E-state index is 11.5. The van der Waals surface area contributed by atoms with E-state index >= 15 is 0 Å². The molecule has 90 valence electrons. The molecule has 0 aliphatic heterocycles. The molecule has 0 aromatic carbocycles. The Kier molecular flexibility index (Phi) is 6.76. The zero-order chi connectivity index (χ0) is 11.9.